The van der Waals surface area contributed by atoms with Gasteiger partial charge < -0.3 is 19.6 Å². The van der Waals surface area contributed by atoms with Crippen molar-refractivity contribution in [3.8, 4) is 11.4 Å². The van der Waals surface area contributed by atoms with Crippen LogP contribution in [-0.2, 0) is 11.3 Å². The van der Waals surface area contributed by atoms with E-state index in [9.17, 15) is 4.79 Å². The Bertz CT molecular complexity index is 883. The number of hydrogen-bond donors (Lipinski definition) is 1. The van der Waals surface area contributed by atoms with E-state index < -0.39 is 0 Å². The predicted octanol–water partition coefficient (Wildman–Crippen LogP) is 2.36. The minimum absolute atomic E-state index is 0.0164. The lowest BCUT2D eigenvalue weighted by molar-refractivity contribution is -0.126. The Labute approximate surface area is 194 Å². The zero-order chi connectivity index (χ0) is 22.3. The molecule has 2 saturated heterocycles. The van der Waals surface area contributed by atoms with Gasteiger partial charge in [0.1, 0.15) is 0 Å². The summed E-state index contributed by atoms with van der Waals surface area (Å²) in [5.41, 5.74) is 0.833. The Morgan fingerprint density at radius 2 is 2.06 bits per heavy atom. The zero-order valence-electron chi connectivity index (χ0n) is 18.8. The molecule has 2 fully saturated rings. The van der Waals surface area contributed by atoms with Crippen LogP contribution in [0.1, 0.15) is 25.2 Å². The summed E-state index contributed by atoms with van der Waals surface area (Å²) in [4.78, 5) is 24.3. The number of piperazine rings is 1. The molecule has 1 N–H and O–H groups in total. The molecule has 1 unspecified atom stereocenters. The molecule has 32 heavy (non-hydrogen) atoms. The van der Waals surface area contributed by atoms with Crippen LogP contribution in [-0.4, -0.2) is 90.2 Å². The third-order valence-corrected chi connectivity index (χ3v) is 6.57. The topological polar surface area (TPSA) is 77.7 Å². The maximum absolute atomic E-state index is 12.7. The number of hydrogen-bond acceptors (Lipinski definition) is 7. The second-order valence-corrected chi connectivity index (χ2v) is 9.32. The molecule has 1 aromatic heterocycles. The Balaban J connectivity index is 1.20. The molecule has 2 aromatic rings. The monoisotopic (exact) mass is 460 g/mol. The molecule has 1 atom stereocenters. The Morgan fingerprint density at radius 3 is 2.88 bits per heavy atom. The Hall–Kier alpha value is -2.00. The maximum Gasteiger partial charge on any atom is 0.241 e. The minimum Gasteiger partial charge on any atom is -0.356 e. The molecule has 174 valence electrons. The lowest BCUT2D eigenvalue weighted by Gasteiger charge is -2.32. The molecule has 4 rings (SSSR count). The molecule has 0 radical (unpaired) electrons. The number of likely N-dealkylation sites (tertiary alicyclic amines) is 1. The molecule has 3 heterocycles. The van der Waals surface area contributed by atoms with Gasteiger partial charge in [0.2, 0.25) is 17.6 Å². The number of carbonyl (C=O) groups excluding carboxylic acids is 1. The summed E-state index contributed by atoms with van der Waals surface area (Å²) in [7, 11) is 2.17. The first kappa shape index (κ1) is 23.2. The van der Waals surface area contributed by atoms with E-state index in [1.54, 1.807) is 0 Å². The van der Waals surface area contributed by atoms with Gasteiger partial charge in [-0.15, -0.1) is 0 Å². The number of carbonyl (C=O) groups is 1. The second-order valence-electron chi connectivity index (χ2n) is 8.89. The fourth-order valence-electron chi connectivity index (χ4n) is 4.40. The van der Waals surface area contributed by atoms with E-state index in [4.69, 9.17) is 16.1 Å². The van der Waals surface area contributed by atoms with Crippen molar-refractivity contribution in [3.05, 3.63) is 35.2 Å². The van der Waals surface area contributed by atoms with Gasteiger partial charge in [0.15, 0.2) is 0 Å². The van der Waals surface area contributed by atoms with Crippen LogP contribution in [0.4, 0.5) is 0 Å². The third kappa shape index (κ3) is 6.51. The number of amides is 1. The molecule has 0 spiro atoms. The number of halogens is 1. The molecule has 2 aliphatic heterocycles. The number of nitrogens with one attached hydrogen (secondary N) is 1. The molecule has 8 nitrogen and oxygen atoms in total. The van der Waals surface area contributed by atoms with Crippen LogP contribution >= 0.6 is 11.6 Å². The minimum atomic E-state index is 0.0164. The van der Waals surface area contributed by atoms with Crippen LogP contribution in [0.25, 0.3) is 11.4 Å². The van der Waals surface area contributed by atoms with E-state index in [1.165, 1.54) is 0 Å². The van der Waals surface area contributed by atoms with Crippen LogP contribution in [0.2, 0.25) is 5.02 Å². The summed E-state index contributed by atoms with van der Waals surface area (Å²) >= 11 is 6.06. The Morgan fingerprint density at radius 1 is 1.22 bits per heavy atom. The highest BCUT2D eigenvalue weighted by Gasteiger charge is 2.27. The number of likely N-dealkylation sites (N-methyl/N-ethyl adjacent to an activating group) is 1. The quantitative estimate of drug-likeness (QED) is 0.606. The van der Waals surface area contributed by atoms with Gasteiger partial charge in [-0.3, -0.25) is 9.69 Å². The number of benzene rings is 1. The van der Waals surface area contributed by atoms with Gasteiger partial charge in [-0.2, -0.15) is 4.98 Å². The first-order valence-corrected chi connectivity index (χ1v) is 11.9. The highest BCUT2D eigenvalue weighted by atomic mass is 35.5. The second kappa shape index (κ2) is 11.2. The van der Waals surface area contributed by atoms with Crippen molar-refractivity contribution in [2.24, 2.45) is 5.92 Å². The maximum atomic E-state index is 12.7. The van der Waals surface area contributed by atoms with Crippen LogP contribution in [0.3, 0.4) is 0 Å². The third-order valence-electron chi connectivity index (χ3n) is 6.33. The molecule has 1 aromatic carbocycles. The van der Waals surface area contributed by atoms with Crippen molar-refractivity contribution in [2.75, 3.05) is 59.4 Å². The SMILES string of the molecule is CN1CCN(CCCNC(=O)C2CCCN(Cc3nc(-c4cccc(Cl)c4)no3)C2)CC1. The number of aromatic nitrogens is 2. The first-order valence-electron chi connectivity index (χ1n) is 11.6. The van der Waals surface area contributed by atoms with Crippen LogP contribution in [0, 0.1) is 5.92 Å². The summed E-state index contributed by atoms with van der Waals surface area (Å²) in [6.07, 6.45) is 2.92. The highest BCUT2D eigenvalue weighted by Crippen LogP contribution is 2.22. The van der Waals surface area contributed by atoms with Gasteiger partial charge in [-0.1, -0.05) is 28.9 Å². The normalized spacial score (nSPS) is 21.0. The lowest BCUT2D eigenvalue weighted by atomic mass is 9.97. The summed E-state index contributed by atoms with van der Waals surface area (Å²) in [6, 6.07) is 7.41. The van der Waals surface area contributed by atoms with Gasteiger partial charge in [0.05, 0.1) is 12.5 Å². The molecular weight excluding hydrogens is 428 g/mol. The van der Waals surface area contributed by atoms with Crippen LogP contribution in [0.15, 0.2) is 28.8 Å². The van der Waals surface area contributed by atoms with Crippen molar-refractivity contribution >= 4 is 17.5 Å². The van der Waals surface area contributed by atoms with E-state index in [1.807, 2.05) is 24.3 Å². The summed E-state index contributed by atoms with van der Waals surface area (Å²) in [5.74, 6) is 1.28. The van der Waals surface area contributed by atoms with E-state index in [2.05, 4.69) is 37.2 Å². The molecular formula is C23H33ClN6O2. The average Bonchev–Trinajstić information content (AvgIpc) is 3.26. The van der Waals surface area contributed by atoms with Gasteiger partial charge in [-0.05, 0) is 51.5 Å². The fourth-order valence-corrected chi connectivity index (χ4v) is 4.59. The average molecular weight is 461 g/mol. The van der Waals surface area contributed by atoms with Crippen molar-refractivity contribution in [3.63, 3.8) is 0 Å². The van der Waals surface area contributed by atoms with E-state index in [0.717, 1.165) is 77.2 Å². The first-order chi connectivity index (χ1) is 15.6. The fraction of sp³-hybridized carbons (Fsp3) is 0.609. The van der Waals surface area contributed by atoms with Crippen LogP contribution < -0.4 is 5.32 Å². The van der Waals surface area contributed by atoms with E-state index >= 15 is 0 Å². The highest BCUT2D eigenvalue weighted by molar-refractivity contribution is 6.30. The summed E-state index contributed by atoms with van der Waals surface area (Å²) < 4.78 is 5.45. The molecule has 2 aliphatic rings. The number of nitrogens with zero attached hydrogens (tertiary/aromatic N) is 5. The summed E-state index contributed by atoms with van der Waals surface area (Å²) in [6.45, 7) is 8.51. The van der Waals surface area contributed by atoms with E-state index in [-0.39, 0.29) is 11.8 Å². The molecule has 1 amide bonds. The van der Waals surface area contributed by atoms with Crippen molar-refractivity contribution in [2.45, 2.75) is 25.8 Å². The standard InChI is InChI=1S/C23H33ClN6O2/c1-28-11-13-29(14-12-28)10-4-8-25-23(31)19-6-3-9-30(16-19)17-21-26-22(27-32-21)18-5-2-7-20(24)15-18/h2,5,7,15,19H,3-4,6,8-14,16-17H2,1H3,(H,25,31). The predicted molar refractivity (Wildman–Crippen MR) is 124 cm³/mol. The van der Waals surface area contributed by atoms with Crippen LogP contribution in [0.5, 0.6) is 0 Å². The van der Waals surface area contributed by atoms with Gasteiger partial charge >= 0.3 is 0 Å². The lowest BCUT2D eigenvalue weighted by Crippen LogP contribution is -2.45. The van der Waals surface area contributed by atoms with E-state index in [0.29, 0.717) is 23.3 Å². The van der Waals surface area contributed by atoms with Gasteiger partial charge in [-0.25, -0.2) is 0 Å². The van der Waals surface area contributed by atoms with Gasteiger partial charge in [0, 0.05) is 49.9 Å². The molecule has 0 aliphatic carbocycles. The molecule has 9 heteroatoms. The Kier molecular flexibility index (Phi) is 8.13. The number of piperidine rings is 1. The largest absolute Gasteiger partial charge is 0.356 e. The van der Waals surface area contributed by atoms with Crippen molar-refractivity contribution in [1.29, 1.82) is 0 Å². The van der Waals surface area contributed by atoms with Gasteiger partial charge in [0.25, 0.3) is 0 Å². The zero-order valence-corrected chi connectivity index (χ0v) is 19.6. The number of rotatable bonds is 8. The smallest absolute Gasteiger partial charge is 0.241 e. The van der Waals surface area contributed by atoms with Crippen molar-refractivity contribution < 1.29 is 9.32 Å². The summed E-state index contributed by atoms with van der Waals surface area (Å²) in [5, 5.41) is 7.87. The molecule has 0 bridgehead atoms. The molecule has 0 saturated carbocycles. The van der Waals surface area contributed by atoms with Crippen molar-refractivity contribution in [1.82, 2.24) is 30.2 Å².